The summed E-state index contributed by atoms with van der Waals surface area (Å²) < 4.78 is 1.44. The van der Waals surface area contributed by atoms with Crippen molar-refractivity contribution in [3.63, 3.8) is 0 Å². The van der Waals surface area contributed by atoms with Crippen molar-refractivity contribution >= 4 is 182 Å². The highest BCUT2D eigenvalue weighted by atomic mass is 32.2. The average molecular weight is 2140 g/mol. The molecule has 149 heavy (non-hydrogen) atoms. The number of carbonyl (C=O) groups is 23. The third-order valence-electron chi connectivity index (χ3n) is 22.7. The molecule has 4 bridgehead atoms. The molecule has 0 fully saturated rings. The van der Waals surface area contributed by atoms with E-state index < -0.39 is 387 Å². The molecular formula is C92H121N23O31S3. The van der Waals surface area contributed by atoms with Gasteiger partial charge in [0.1, 0.15) is 90.3 Å². The summed E-state index contributed by atoms with van der Waals surface area (Å²) in [6, 6.07) is -4.53. The molecule has 4 aromatic carbocycles. The summed E-state index contributed by atoms with van der Waals surface area (Å²) in [5.41, 5.74) is 12.5. The fourth-order valence-corrected chi connectivity index (χ4v) is 17.4. The molecule has 0 unspecified atom stereocenters. The highest BCUT2D eigenvalue weighted by Gasteiger charge is 2.42. The van der Waals surface area contributed by atoms with E-state index in [0.717, 1.165) is 13.8 Å². The smallest absolute Gasteiger partial charge is 0.336 e. The van der Waals surface area contributed by atoms with Crippen molar-refractivity contribution in [3.05, 3.63) is 145 Å². The number of aromatic hydroxyl groups is 1. The van der Waals surface area contributed by atoms with E-state index in [9.17, 15) is 136 Å². The second kappa shape index (κ2) is 57.9. The number of carboxylic acid groups (broad SMARTS) is 4. The van der Waals surface area contributed by atoms with E-state index in [0.29, 0.717) is 65.3 Å². The Morgan fingerprint density at radius 1 is 0.403 bits per heavy atom. The first-order valence-corrected chi connectivity index (χ1v) is 50.0. The molecule has 0 spiro atoms. The maximum absolute atomic E-state index is 15.2. The Labute approximate surface area is 861 Å². The lowest BCUT2D eigenvalue weighted by molar-refractivity contribution is -0.142. The number of nitrogens with zero attached hydrogens (tertiary/aromatic N) is 3. The zero-order chi connectivity index (χ0) is 110. The van der Waals surface area contributed by atoms with Gasteiger partial charge in [0.2, 0.25) is 112 Å². The minimum atomic E-state index is -2.33. The summed E-state index contributed by atoms with van der Waals surface area (Å²) >= 11 is 1.92. The standard InChI is InChI=1S/C92H121N23O31S3/c1-45(93)75(130)110-63-40-148-43-67(119)97-28-31-114-89(144)113-30-27-96-66(118)42-147-39-62(74(95)129)109-88(143)73(92(4,5)6)112-85(140)61(38-72(127)128)108-82(137)57(34-49-19-21-52(116)22-20-49)104-81(136)56(33-48-13-8-7-9-14-48)105-84(139)60(37-71(125)126)107-79(134)55(24-26-70(123)124)102-87(142)64(41-149-44-68(120)98-29-32-115(90(113)145)91(114)146)111-77(132)47(3)99-80(135)58(35-51-17-12-16-50-15-10-11-18-53(50)51)106-78(133)54(23-25-69(121)122)101-83(138)59(36-65(94)117)103-76(131)46(2)100-86(63)141/h7-22,45-47,54-64,73,116H,23-44,93H2,1-6H3,(H2,94,117)(H2,95,129)(H,96,118)(H,97,119)(H,98,120)(H,99,135)(H,100,141)(H,101,138)(H,102,142)(H,103,131)(H,104,136)(H,105,139)(H,106,133)(H,107,134)(H,108,137)(H,109,143)(H,110,130)(H,111,132)(H,112,140)(H,121,122)(H,123,124)(H,125,126)(H,127,128)/t45-,46+,47+,54-,55-,56-,57-,58-,59-,60-,61-,62-,63-,64-,73+/m0/s1. The van der Waals surface area contributed by atoms with Gasteiger partial charge in [-0.25, -0.2) is 28.1 Å². The lowest BCUT2D eigenvalue weighted by Gasteiger charge is -2.33. The number of primary amides is 2. The summed E-state index contributed by atoms with van der Waals surface area (Å²) in [6.45, 7) is 3.59. The lowest BCUT2D eigenvalue weighted by Crippen LogP contribution is -2.62. The lowest BCUT2D eigenvalue weighted by atomic mass is 9.85. The molecule has 28 N–H and O–H groups in total. The van der Waals surface area contributed by atoms with Gasteiger partial charge in [-0.05, 0) is 78.6 Å². The number of hydrogen-bond donors (Lipinski definition) is 25. The topological polar surface area (TPSA) is 842 Å². The number of aromatic nitrogens is 3. The summed E-state index contributed by atoms with van der Waals surface area (Å²) in [5, 5.41) is 92.1. The molecule has 2 aliphatic rings. The molecule has 2 aliphatic heterocycles. The average Bonchev–Trinajstić information content (AvgIpc) is 0.782. The van der Waals surface area contributed by atoms with Gasteiger partial charge in [0.05, 0.1) is 42.6 Å². The zero-order valence-electron chi connectivity index (χ0n) is 81.6. The number of hydrogen-bond acceptors (Lipinski definition) is 31. The molecule has 7 rings (SSSR count). The van der Waals surface area contributed by atoms with E-state index in [4.69, 9.17) is 17.2 Å². The first-order valence-electron chi connectivity index (χ1n) is 46.5. The van der Waals surface area contributed by atoms with Gasteiger partial charge in [-0.15, -0.1) is 35.3 Å². The third-order valence-corrected chi connectivity index (χ3v) is 25.8. The summed E-state index contributed by atoms with van der Waals surface area (Å²) in [6.07, 6.45) is -8.90. The number of rotatable bonds is 21. The number of carboxylic acids is 4. The van der Waals surface area contributed by atoms with Crippen molar-refractivity contribution in [2.75, 3.05) is 54.2 Å². The van der Waals surface area contributed by atoms with Crippen LogP contribution in [0.4, 0.5) is 0 Å². The van der Waals surface area contributed by atoms with Gasteiger partial charge in [0.15, 0.2) is 0 Å². The number of thioether (sulfide) groups is 3. The number of phenols is 1. The SMILES string of the molecule is C[C@H](N)C(=O)N[C@H]1CSCC(=O)NCCn2c(=O)n3c(=O)n(c2=O)CCNC(=O)CSC[C@H](NC(=O)[C@@H](C)NC(=O)[C@H](Cc2cccc4ccccc24)NC(=O)[C@H](CCC(=O)O)NC(=O)[C@H](CC(N)=O)NC(=O)[C@@H](C)NC1=O)C(=O)N[C@@H](CCC(=O)O)C(=O)N[C@@H](CC(=O)O)C(=O)N[C@@H](Cc1ccccc1)C(=O)N[C@@H](Cc1ccc(O)cc1)C(=O)N[C@@H](CC(=O)O)C(=O)N[C@@H](C(C)(C)C)C(=O)N[C@H](C(N)=O)CSCC(=O)NCC3. The molecule has 1 aromatic heterocycles. The van der Waals surface area contributed by atoms with Crippen LogP contribution < -0.4 is 125 Å². The van der Waals surface area contributed by atoms with Crippen LogP contribution in [0.25, 0.3) is 10.8 Å². The number of nitrogens with one attached hydrogen (secondary N) is 17. The van der Waals surface area contributed by atoms with E-state index in [-0.39, 0.29) is 16.9 Å². The minimum absolute atomic E-state index is 0.168. The van der Waals surface area contributed by atoms with Gasteiger partial charge >= 0.3 is 40.9 Å². The predicted octanol–water partition coefficient (Wildman–Crippen LogP) is -9.41. The number of fused-ring (bicyclic) bond motifs is 10. The maximum Gasteiger partial charge on any atom is 0.336 e. The Bertz CT molecular complexity index is 6000. The quantitative estimate of drug-likeness (QED) is 0.0324. The normalized spacial score (nSPS) is 23.4. The predicted molar refractivity (Wildman–Crippen MR) is 533 cm³/mol. The van der Waals surface area contributed by atoms with E-state index in [1.165, 1.54) is 76.2 Å². The molecule has 0 saturated heterocycles. The summed E-state index contributed by atoms with van der Waals surface area (Å²) in [5.74, 6) is -33.8. The number of nitrogens with two attached hydrogens (primary N) is 3. The van der Waals surface area contributed by atoms with Gasteiger partial charge in [0, 0.05) is 88.6 Å². The Morgan fingerprint density at radius 3 is 1.25 bits per heavy atom. The van der Waals surface area contributed by atoms with Crippen LogP contribution in [-0.4, -0.2) is 320 Å². The Morgan fingerprint density at radius 2 is 0.785 bits per heavy atom. The van der Waals surface area contributed by atoms with Crippen LogP contribution in [0, 0.1) is 5.41 Å². The molecule has 808 valence electrons. The summed E-state index contributed by atoms with van der Waals surface area (Å²) in [7, 11) is 0. The van der Waals surface area contributed by atoms with Crippen LogP contribution in [-0.2, 0) is 149 Å². The first kappa shape index (κ1) is 120. The largest absolute Gasteiger partial charge is 0.508 e. The third kappa shape index (κ3) is 39.2. The van der Waals surface area contributed by atoms with E-state index >= 15 is 14.4 Å². The molecule has 0 saturated carbocycles. The van der Waals surface area contributed by atoms with Gasteiger partial charge in [0.25, 0.3) is 0 Å². The number of benzene rings is 4. The Kier molecular flexibility index (Phi) is 46.7. The van der Waals surface area contributed by atoms with Crippen LogP contribution in [0.3, 0.4) is 0 Å². The number of phenolic OH excluding ortho intramolecular Hbond substituents is 1. The monoisotopic (exact) mass is 2140 g/mol. The van der Waals surface area contributed by atoms with Crippen molar-refractivity contribution in [2.45, 2.75) is 216 Å². The van der Waals surface area contributed by atoms with Crippen molar-refractivity contribution in [2.24, 2.45) is 22.6 Å². The van der Waals surface area contributed by atoms with Crippen molar-refractivity contribution in [1.29, 1.82) is 0 Å². The van der Waals surface area contributed by atoms with Crippen molar-refractivity contribution < 1.29 is 136 Å². The molecule has 57 heteroatoms. The number of aliphatic carboxylic acids is 4. The van der Waals surface area contributed by atoms with Crippen molar-refractivity contribution in [1.82, 2.24) is 104 Å². The highest BCUT2D eigenvalue weighted by Crippen LogP contribution is 2.24. The molecule has 0 radical (unpaired) electrons. The first-order chi connectivity index (χ1) is 70.3. The molecule has 5 aromatic rings. The van der Waals surface area contributed by atoms with Crippen LogP contribution in [0.5, 0.6) is 5.75 Å². The van der Waals surface area contributed by atoms with E-state index in [1.807, 2.05) is 0 Å². The zero-order valence-corrected chi connectivity index (χ0v) is 84.1. The van der Waals surface area contributed by atoms with Gasteiger partial charge < -0.3 is 133 Å². The summed E-state index contributed by atoms with van der Waals surface area (Å²) in [4.78, 5) is 365. The number of amides is 19. The molecule has 15 atom stereocenters. The van der Waals surface area contributed by atoms with Crippen LogP contribution in [0.2, 0.25) is 0 Å². The Balaban J connectivity index is 1.37. The van der Waals surface area contributed by atoms with Gasteiger partial charge in [-0.3, -0.25) is 110 Å². The van der Waals surface area contributed by atoms with Gasteiger partial charge in [-0.1, -0.05) is 106 Å². The molecular weight excluding hydrogens is 2020 g/mol. The minimum Gasteiger partial charge on any atom is -0.508 e. The van der Waals surface area contributed by atoms with Crippen LogP contribution in [0.1, 0.15) is 103 Å². The highest BCUT2D eigenvalue weighted by molar-refractivity contribution is 8.00. The molecule has 0 aliphatic carbocycles. The van der Waals surface area contributed by atoms with Gasteiger partial charge in [-0.2, -0.15) is 0 Å². The van der Waals surface area contributed by atoms with Crippen LogP contribution in [0.15, 0.2) is 111 Å². The number of carbonyl (C=O) groups excluding carboxylic acids is 19. The maximum atomic E-state index is 15.2. The Hall–Kier alpha value is -15.8. The fraction of sp³-hybridized carbons (Fsp3) is 0.478. The molecule has 19 amide bonds. The fourth-order valence-electron chi connectivity index (χ4n) is 14.7. The second-order valence-electron chi connectivity index (χ2n) is 35.7. The second-order valence-corrected chi connectivity index (χ2v) is 38.8. The van der Waals surface area contributed by atoms with E-state index in [1.54, 1.807) is 48.5 Å². The van der Waals surface area contributed by atoms with E-state index in [2.05, 4.69) is 90.4 Å². The molecule has 3 heterocycles. The van der Waals surface area contributed by atoms with Crippen LogP contribution >= 0.6 is 35.3 Å². The van der Waals surface area contributed by atoms with Crippen molar-refractivity contribution in [3.8, 4) is 5.75 Å². The molecule has 54 nitrogen and oxygen atoms in total.